The number of aliphatic hydroxyl groups is 1. The number of imidazole rings is 1. The number of aliphatic hydroxyl groups excluding tert-OH is 1. The molecule has 0 aliphatic carbocycles. The molecule has 0 spiro atoms. The zero-order valence-corrected chi connectivity index (χ0v) is 8.55. The summed E-state index contributed by atoms with van der Waals surface area (Å²) in [7, 11) is 0. The fourth-order valence-electron chi connectivity index (χ4n) is 1.25. The Hall–Kier alpha value is -0.970. The average Bonchev–Trinajstić information content (AvgIpc) is 2.44. The number of halogens is 2. The van der Waals surface area contributed by atoms with E-state index < -0.39 is 0 Å². The molecule has 0 saturated heterocycles. The summed E-state index contributed by atoms with van der Waals surface area (Å²) in [5.74, 6) is 0.354. The Morgan fingerprint density at radius 3 is 2.86 bits per heavy atom. The van der Waals surface area contributed by atoms with E-state index in [1.54, 1.807) is 16.7 Å². The third kappa shape index (κ3) is 1.32. The van der Waals surface area contributed by atoms with Crippen LogP contribution in [0, 0.1) is 0 Å². The molecule has 0 aliphatic rings. The SMILES string of the molecule is Nc1c(CO)nc2c(Cl)cc(Cl)cn12. The van der Waals surface area contributed by atoms with E-state index in [2.05, 4.69) is 4.98 Å². The Bertz CT molecular complexity index is 495. The van der Waals surface area contributed by atoms with E-state index in [9.17, 15) is 0 Å². The van der Waals surface area contributed by atoms with E-state index in [-0.39, 0.29) is 6.61 Å². The number of anilines is 1. The van der Waals surface area contributed by atoms with Gasteiger partial charge in [0.05, 0.1) is 16.7 Å². The maximum Gasteiger partial charge on any atom is 0.157 e. The molecular formula is C8H7Cl2N3O. The summed E-state index contributed by atoms with van der Waals surface area (Å²) < 4.78 is 1.55. The summed E-state index contributed by atoms with van der Waals surface area (Å²) in [4.78, 5) is 4.07. The van der Waals surface area contributed by atoms with Gasteiger partial charge in [-0.3, -0.25) is 4.40 Å². The lowest BCUT2D eigenvalue weighted by Crippen LogP contribution is -1.96. The van der Waals surface area contributed by atoms with Crippen molar-refractivity contribution in [2.24, 2.45) is 0 Å². The van der Waals surface area contributed by atoms with Crippen molar-refractivity contribution in [1.82, 2.24) is 9.38 Å². The van der Waals surface area contributed by atoms with Crippen LogP contribution in [-0.4, -0.2) is 14.5 Å². The second-order valence-corrected chi connectivity index (χ2v) is 3.65. The van der Waals surface area contributed by atoms with Crippen LogP contribution in [0.15, 0.2) is 12.3 Å². The highest BCUT2D eigenvalue weighted by molar-refractivity contribution is 6.36. The molecule has 0 aliphatic heterocycles. The number of hydrogen-bond donors (Lipinski definition) is 2. The molecule has 6 heteroatoms. The van der Waals surface area contributed by atoms with Gasteiger partial charge in [0.15, 0.2) is 5.65 Å². The molecule has 0 saturated carbocycles. The van der Waals surface area contributed by atoms with Crippen molar-refractivity contribution in [3.05, 3.63) is 28.0 Å². The van der Waals surface area contributed by atoms with Crippen LogP contribution in [0.3, 0.4) is 0 Å². The lowest BCUT2D eigenvalue weighted by Gasteiger charge is -1.98. The molecule has 74 valence electrons. The van der Waals surface area contributed by atoms with Crippen LogP contribution in [0.5, 0.6) is 0 Å². The Morgan fingerprint density at radius 1 is 1.50 bits per heavy atom. The Balaban J connectivity index is 2.85. The van der Waals surface area contributed by atoms with Gasteiger partial charge in [-0.1, -0.05) is 23.2 Å². The molecule has 0 unspecified atom stereocenters. The fraction of sp³-hybridized carbons (Fsp3) is 0.125. The standard InChI is InChI=1S/C8H7Cl2N3O/c9-4-1-5(10)8-12-6(3-14)7(11)13(8)2-4/h1-2,14H,3,11H2. The molecule has 0 fully saturated rings. The van der Waals surface area contributed by atoms with Crippen molar-refractivity contribution in [2.75, 3.05) is 5.73 Å². The summed E-state index contributed by atoms with van der Waals surface area (Å²) >= 11 is 11.7. The molecular weight excluding hydrogens is 225 g/mol. The van der Waals surface area contributed by atoms with Crippen LogP contribution in [-0.2, 0) is 6.61 Å². The number of nitrogen functional groups attached to an aromatic ring is 1. The molecule has 2 rings (SSSR count). The maximum atomic E-state index is 8.95. The first-order chi connectivity index (χ1) is 6.63. The minimum absolute atomic E-state index is 0.221. The third-order valence-electron chi connectivity index (χ3n) is 1.90. The quantitative estimate of drug-likeness (QED) is 0.786. The van der Waals surface area contributed by atoms with Crippen molar-refractivity contribution in [1.29, 1.82) is 0 Å². The number of nitrogens with two attached hydrogens (primary N) is 1. The van der Waals surface area contributed by atoms with Gasteiger partial charge in [0.2, 0.25) is 0 Å². The van der Waals surface area contributed by atoms with Crippen molar-refractivity contribution >= 4 is 34.7 Å². The van der Waals surface area contributed by atoms with Crippen LogP contribution in [0.4, 0.5) is 5.82 Å². The lowest BCUT2D eigenvalue weighted by atomic mass is 10.4. The van der Waals surface area contributed by atoms with Crippen LogP contribution < -0.4 is 5.73 Å². The van der Waals surface area contributed by atoms with Gasteiger partial charge in [-0.2, -0.15) is 0 Å². The first-order valence-corrected chi connectivity index (χ1v) is 4.61. The van der Waals surface area contributed by atoms with Gasteiger partial charge in [-0.05, 0) is 6.07 Å². The summed E-state index contributed by atoms with van der Waals surface area (Å²) in [6.45, 7) is -0.221. The zero-order chi connectivity index (χ0) is 10.3. The molecule has 0 atom stereocenters. The van der Waals surface area contributed by atoms with E-state index in [4.69, 9.17) is 34.0 Å². The topological polar surface area (TPSA) is 63.5 Å². The number of pyridine rings is 1. The van der Waals surface area contributed by atoms with E-state index >= 15 is 0 Å². The Kier molecular flexibility index (Phi) is 2.26. The van der Waals surface area contributed by atoms with Crippen molar-refractivity contribution < 1.29 is 5.11 Å². The van der Waals surface area contributed by atoms with Gasteiger partial charge < -0.3 is 10.8 Å². The van der Waals surface area contributed by atoms with Crippen LogP contribution in [0.1, 0.15) is 5.69 Å². The lowest BCUT2D eigenvalue weighted by molar-refractivity contribution is 0.278. The second kappa shape index (κ2) is 3.31. The Morgan fingerprint density at radius 2 is 2.21 bits per heavy atom. The number of fused-ring (bicyclic) bond motifs is 1. The molecule has 14 heavy (non-hydrogen) atoms. The molecule has 0 bridgehead atoms. The normalized spacial score (nSPS) is 11.1. The molecule has 2 aromatic heterocycles. The predicted octanol–water partition coefficient (Wildman–Crippen LogP) is 1.72. The van der Waals surface area contributed by atoms with E-state index in [0.717, 1.165) is 0 Å². The maximum absolute atomic E-state index is 8.95. The van der Waals surface area contributed by atoms with Crippen LogP contribution in [0.25, 0.3) is 5.65 Å². The summed E-state index contributed by atoms with van der Waals surface area (Å²) in [5, 5.41) is 9.82. The van der Waals surface area contributed by atoms with Gasteiger partial charge >= 0.3 is 0 Å². The number of rotatable bonds is 1. The predicted molar refractivity (Wildman–Crippen MR) is 55.5 cm³/mol. The zero-order valence-electron chi connectivity index (χ0n) is 7.04. The van der Waals surface area contributed by atoms with Gasteiger partial charge in [0, 0.05) is 6.20 Å². The molecule has 2 aromatic rings. The molecule has 4 nitrogen and oxygen atoms in total. The summed E-state index contributed by atoms with van der Waals surface area (Å²) in [5.41, 5.74) is 6.61. The van der Waals surface area contributed by atoms with E-state index in [1.807, 2.05) is 0 Å². The first kappa shape index (κ1) is 9.58. The minimum Gasteiger partial charge on any atom is -0.390 e. The smallest absolute Gasteiger partial charge is 0.157 e. The fourth-order valence-corrected chi connectivity index (χ4v) is 1.77. The van der Waals surface area contributed by atoms with E-state index in [0.29, 0.717) is 27.2 Å². The van der Waals surface area contributed by atoms with E-state index in [1.165, 1.54) is 0 Å². The van der Waals surface area contributed by atoms with Gasteiger partial charge in [-0.15, -0.1) is 0 Å². The molecule has 2 heterocycles. The van der Waals surface area contributed by atoms with Crippen molar-refractivity contribution in [3.8, 4) is 0 Å². The number of nitrogens with zero attached hydrogens (tertiary/aromatic N) is 2. The van der Waals surface area contributed by atoms with Gasteiger partial charge in [0.1, 0.15) is 11.5 Å². The number of hydrogen-bond acceptors (Lipinski definition) is 3. The highest BCUT2D eigenvalue weighted by Gasteiger charge is 2.11. The molecule has 3 N–H and O–H groups in total. The molecule has 0 amide bonds. The largest absolute Gasteiger partial charge is 0.390 e. The van der Waals surface area contributed by atoms with Gasteiger partial charge in [0.25, 0.3) is 0 Å². The highest BCUT2D eigenvalue weighted by atomic mass is 35.5. The number of aromatic nitrogens is 2. The monoisotopic (exact) mass is 231 g/mol. The first-order valence-electron chi connectivity index (χ1n) is 3.86. The minimum atomic E-state index is -0.221. The third-order valence-corrected chi connectivity index (χ3v) is 2.39. The van der Waals surface area contributed by atoms with Crippen LogP contribution in [0.2, 0.25) is 10.0 Å². The molecule has 0 radical (unpaired) electrons. The van der Waals surface area contributed by atoms with Crippen molar-refractivity contribution in [2.45, 2.75) is 6.61 Å². The second-order valence-electron chi connectivity index (χ2n) is 2.80. The molecule has 0 aromatic carbocycles. The Labute approximate surface area is 89.9 Å². The average molecular weight is 232 g/mol. The summed E-state index contributed by atoms with van der Waals surface area (Å²) in [6, 6.07) is 1.58. The summed E-state index contributed by atoms with van der Waals surface area (Å²) in [6.07, 6.45) is 1.60. The van der Waals surface area contributed by atoms with Gasteiger partial charge in [-0.25, -0.2) is 4.98 Å². The van der Waals surface area contributed by atoms with Crippen LogP contribution >= 0.6 is 23.2 Å². The highest BCUT2D eigenvalue weighted by Crippen LogP contribution is 2.25. The van der Waals surface area contributed by atoms with Crippen molar-refractivity contribution in [3.63, 3.8) is 0 Å².